The minimum absolute atomic E-state index is 0.109. The molecule has 2 rings (SSSR count). The molecule has 6 heteroatoms. The molecule has 0 fully saturated rings. The van der Waals surface area contributed by atoms with E-state index in [9.17, 15) is 13.2 Å². The summed E-state index contributed by atoms with van der Waals surface area (Å²) in [7, 11) is -3.20. The Kier molecular flexibility index (Phi) is 4.49. The van der Waals surface area contributed by atoms with Gasteiger partial charge in [-0.2, -0.15) is 0 Å². The van der Waals surface area contributed by atoms with Crippen molar-refractivity contribution in [3.05, 3.63) is 51.7 Å². The number of carbonyl (C=O) groups excluding carboxylic acids is 1. The van der Waals surface area contributed by atoms with Crippen LogP contribution in [-0.2, 0) is 9.84 Å². The lowest BCUT2D eigenvalue weighted by Crippen LogP contribution is -2.26. The van der Waals surface area contributed by atoms with E-state index >= 15 is 0 Å². The lowest BCUT2D eigenvalue weighted by Gasteiger charge is -2.14. The van der Waals surface area contributed by atoms with Gasteiger partial charge in [0, 0.05) is 6.26 Å². The molecule has 1 amide bonds. The van der Waals surface area contributed by atoms with Gasteiger partial charge in [-0.25, -0.2) is 8.42 Å². The molecule has 4 nitrogen and oxygen atoms in total. The smallest absolute Gasteiger partial charge is 0.262 e. The number of sulfone groups is 1. The van der Waals surface area contributed by atoms with E-state index in [-0.39, 0.29) is 16.8 Å². The fourth-order valence-corrected chi connectivity index (χ4v) is 3.41. The second kappa shape index (κ2) is 5.99. The van der Waals surface area contributed by atoms with Crippen LogP contribution < -0.4 is 5.32 Å². The highest BCUT2D eigenvalue weighted by Crippen LogP contribution is 2.19. The molecule has 0 aliphatic rings. The molecule has 2 aromatic rings. The van der Waals surface area contributed by atoms with Crippen LogP contribution in [0.25, 0.3) is 0 Å². The first-order chi connectivity index (χ1) is 9.79. The fourth-order valence-electron chi connectivity index (χ4n) is 1.95. The maximum atomic E-state index is 12.1. The Hall–Kier alpha value is -1.66. The fraction of sp³-hybridized carbons (Fsp3) is 0.267. The molecular weight excluding hydrogens is 306 g/mol. The Morgan fingerprint density at radius 1 is 1.19 bits per heavy atom. The molecule has 0 unspecified atom stereocenters. The number of carbonyl (C=O) groups is 1. The van der Waals surface area contributed by atoms with Gasteiger partial charge in [-0.05, 0) is 48.6 Å². The molecule has 0 spiro atoms. The number of rotatable bonds is 4. The average molecular weight is 323 g/mol. The van der Waals surface area contributed by atoms with Crippen molar-refractivity contribution >= 4 is 27.1 Å². The highest BCUT2D eigenvalue weighted by molar-refractivity contribution is 7.90. The van der Waals surface area contributed by atoms with Crippen molar-refractivity contribution < 1.29 is 13.2 Å². The molecule has 112 valence electrons. The number of nitrogens with one attached hydrogen (secondary N) is 1. The number of hydrogen-bond acceptors (Lipinski definition) is 4. The number of amides is 1. The predicted molar refractivity (Wildman–Crippen MR) is 84.5 cm³/mol. The molecule has 1 N–H and O–H groups in total. The molecular formula is C15H17NO3S2. The van der Waals surface area contributed by atoms with Crippen LogP contribution in [0.3, 0.4) is 0 Å². The minimum Gasteiger partial charge on any atom is -0.345 e. The third-order valence-electron chi connectivity index (χ3n) is 3.22. The van der Waals surface area contributed by atoms with E-state index < -0.39 is 9.84 Å². The number of hydrogen-bond donors (Lipinski definition) is 1. The SMILES string of the molecule is Cc1ccsc1C(=O)N[C@H](C)c1ccc(S(C)(=O)=O)cc1. The van der Waals surface area contributed by atoms with E-state index in [0.29, 0.717) is 4.88 Å². The Morgan fingerprint density at radius 3 is 2.29 bits per heavy atom. The van der Waals surface area contributed by atoms with Gasteiger partial charge in [0.15, 0.2) is 9.84 Å². The van der Waals surface area contributed by atoms with Crippen LogP contribution in [0, 0.1) is 6.92 Å². The summed E-state index contributed by atoms with van der Waals surface area (Å²) in [4.78, 5) is 13.1. The number of benzene rings is 1. The lowest BCUT2D eigenvalue weighted by atomic mass is 10.1. The molecule has 0 aliphatic carbocycles. The zero-order valence-electron chi connectivity index (χ0n) is 12.1. The van der Waals surface area contributed by atoms with Gasteiger partial charge in [-0.3, -0.25) is 4.79 Å². The lowest BCUT2D eigenvalue weighted by molar-refractivity contribution is 0.0943. The second-order valence-corrected chi connectivity index (χ2v) is 7.90. The summed E-state index contributed by atoms with van der Waals surface area (Å²) in [5, 5.41) is 4.80. The second-order valence-electron chi connectivity index (χ2n) is 4.97. The molecule has 0 radical (unpaired) electrons. The van der Waals surface area contributed by atoms with E-state index in [2.05, 4.69) is 5.32 Å². The molecule has 1 atom stereocenters. The van der Waals surface area contributed by atoms with Crippen molar-refractivity contribution in [3.63, 3.8) is 0 Å². The van der Waals surface area contributed by atoms with Crippen LogP contribution in [0.15, 0.2) is 40.6 Å². The normalized spacial score (nSPS) is 12.9. The molecule has 0 saturated heterocycles. The first-order valence-electron chi connectivity index (χ1n) is 6.44. The standard InChI is InChI=1S/C15H17NO3S2/c1-10-8-9-20-14(10)15(17)16-11(2)12-4-6-13(7-5-12)21(3,18)19/h4-9,11H,1-3H3,(H,16,17)/t11-/m1/s1. The largest absolute Gasteiger partial charge is 0.345 e. The Labute approximate surface area is 128 Å². The van der Waals surface area contributed by atoms with Crippen molar-refractivity contribution in [2.75, 3.05) is 6.26 Å². The quantitative estimate of drug-likeness (QED) is 0.941. The van der Waals surface area contributed by atoms with Gasteiger partial charge in [-0.1, -0.05) is 12.1 Å². The third-order valence-corrected chi connectivity index (χ3v) is 5.37. The van der Waals surface area contributed by atoms with E-state index in [1.54, 1.807) is 24.3 Å². The zero-order valence-corrected chi connectivity index (χ0v) is 13.7. The summed E-state index contributed by atoms with van der Waals surface area (Å²) in [6.45, 7) is 3.77. The maximum absolute atomic E-state index is 12.1. The first-order valence-corrected chi connectivity index (χ1v) is 9.21. The molecule has 1 heterocycles. The predicted octanol–water partition coefficient (Wildman–Crippen LogP) is 2.95. The van der Waals surface area contributed by atoms with Crippen LogP contribution in [0.4, 0.5) is 0 Å². The summed E-state index contributed by atoms with van der Waals surface area (Å²) in [5.41, 5.74) is 1.82. The van der Waals surface area contributed by atoms with Crippen LogP contribution >= 0.6 is 11.3 Å². The summed E-state index contributed by atoms with van der Waals surface area (Å²) >= 11 is 1.41. The van der Waals surface area contributed by atoms with Gasteiger partial charge in [0.2, 0.25) is 0 Å². The molecule has 0 saturated carbocycles. The molecule has 21 heavy (non-hydrogen) atoms. The van der Waals surface area contributed by atoms with Gasteiger partial charge >= 0.3 is 0 Å². The van der Waals surface area contributed by atoms with Crippen molar-refractivity contribution in [2.24, 2.45) is 0 Å². The summed E-state index contributed by atoms with van der Waals surface area (Å²) in [6.07, 6.45) is 1.17. The van der Waals surface area contributed by atoms with Crippen LogP contribution in [0.5, 0.6) is 0 Å². The summed E-state index contributed by atoms with van der Waals surface area (Å²) in [6, 6.07) is 8.29. The van der Waals surface area contributed by atoms with E-state index in [1.165, 1.54) is 17.6 Å². The van der Waals surface area contributed by atoms with Crippen molar-refractivity contribution in [3.8, 4) is 0 Å². The zero-order chi connectivity index (χ0) is 15.6. The van der Waals surface area contributed by atoms with E-state index in [0.717, 1.165) is 11.1 Å². The highest BCUT2D eigenvalue weighted by Gasteiger charge is 2.15. The Morgan fingerprint density at radius 2 is 1.81 bits per heavy atom. The minimum atomic E-state index is -3.20. The third kappa shape index (κ3) is 3.71. The average Bonchev–Trinajstić information content (AvgIpc) is 2.84. The maximum Gasteiger partial charge on any atom is 0.262 e. The van der Waals surface area contributed by atoms with Crippen molar-refractivity contribution in [1.82, 2.24) is 5.32 Å². The van der Waals surface area contributed by atoms with Crippen LogP contribution in [0.2, 0.25) is 0 Å². The van der Waals surface area contributed by atoms with Gasteiger partial charge < -0.3 is 5.32 Å². The van der Waals surface area contributed by atoms with Crippen LogP contribution in [-0.4, -0.2) is 20.6 Å². The van der Waals surface area contributed by atoms with Crippen molar-refractivity contribution in [2.45, 2.75) is 24.8 Å². The topological polar surface area (TPSA) is 63.2 Å². The van der Waals surface area contributed by atoms with E-state index in [4.69, 9.17) is 0 Å². The Bertz CT molecular complexity index is 745. The van der Waals surface area contributed by atoms with E-state index in [1.807, 2.05) is 25.3 Å². The monoisotopic (exact) mass is 323 g/mol. The van der Waals surface area contributed by atoms with Gasteiger partial charge in [-0.15, -0.1) is 11.3 Å². The van der Waals surface area contributed by atoms with Gasteiger partial charge in [0.25, 0.3) is 5.91 Å². The highest BCUT2D eigenvalue weighted by atomic mass is 32.2. The number of aryl methyl sites for hydroxylation is 1. The van der Waals surface area contributed by atoms with Gasteiger partial charge in [0.1, 0.15) is 0 Å². The van der Waals surface area contributed by atoms with Gasteiger partial charge in [0.05, 0.1) is 15.8 Å². The van der Waals surface area contributed by atoms with Crippen LogP contribution in [0.1, 0.15) is 33.8 Å². The molecule has 0 bridgehead atoms. The summed E-state index contributed by atoms with van der Waals surface area (Å²) in [5.74, 6) is -0.109. The summed E-state index contributed by atoms with van der Waals surface area (Å²) < 4.78 is 22.8. The molecule has 1 aromatic carbocycles. The van der Waals surface area contributed by atoms with Crippen molar-refractivity contribution in [1.29, 1.82) is 0 Å². The molecule has 0 aliphatic heterocycles. The Balaban J connectivity index is 2.12. The molecule has 1 aromatic heterocycles. The number of thiophene rings is 1. The first kappa shape index (κ1) is 15.7.